The van der Waals surface area contributed by atoms with E-state index < -0.39 is 0 Å². The minimum absolute atomic E-state index is 0.0584. The van der Waals surface area contributed by atoms with E-state index in [9.17, 15) is 5.11 Å². The van der Waals surface area contributed by atoms with Crippen molar-refractivity contribution < 1.29 is 9.84 Å². The first kappa shape index (κ1) is 22.2. The molecule has 1 heterocycles. The Morgan fingerprint density at radius 1 is 0.900 bits per heavy atom. The summed E-state index contributed by atoms with van der Waals surface area (Å²) in [5, 5.41) is 9.54. The Morgan fingerprint density at radius 2 is 1.63 bits per heavy atom. The molecule has 0 aliphatic heterocycles. The number of aromatic nitrogens is 1. The van der Waals surface area contributed by atoms with E-state index in [1.54, 1.807) is 6.92 Å². The van der Waals surface area contributed by atoms with Crippen LogP contribution in [0, 0.1) is 6.92 Å². The Morgan fingerprint density at radius 3 is 2.37 bits per heavy atom. The van der Waals surface area contributed by atoms with Crippen LogP contribution in [0.15, 0.2) is 66.9 Å². The predicted octanol–water partition coefficient (Wildman–Crippen LogP) is 6.22. The van der Waals surface area contributed by atoms with Crippen molar-refractivity contribution >= 4 is 0 Å². The second-order valence-electron chi connectivity index (χ2n) is 8.33. The molecule has 3 aromatic rings. The zero-order chi connectivity index (χ0) is 21.5. The van der Waals surface area contributed by atoms with Gasteiger partial charge in [0.25, 0.3) is 0 Å². The quantitative estimate of drug-likeness (QED) is 0.461. The Bertz CT molecular complexity index is 934. The van der Waals surface area contributed by atoms with Crippen LogP contribution in [0.1, 0.15) is 44.7 Å². The van der Waals surface area contributed by atoms with Crippen LogP contribution in [0.25, 0.3) is 22.4 Å². The third-order valence-corrected chi connectivity index (χ3v) is 5.40. The molecular formula is C27H33NO2. The first-order valence-corrected chi connectivity index (χ1v) is 10.9. The molecule has 0 fully saturated rings. The summed E-state index contributed by atoms with van der Waals surface area (Å²) in [6, 6.07) is 21.3. The highest BCUT2D eigenvalue weighted by atomic mass is 16.5. The Labute approximate surface area is 180 Å². The van der Waals surface area contributed by atoms with Crippen molar-refractivity contribution in [3.05, 3.63) is 78.0 Å². The summed E-state index contributed by atoms with van der Waals surface area (Å²) >= 11 is 0. The van der Waals surface area contributed by atoms with Crippen molar-refractivity contribution in [2.45, 2.75) is 65.3 Å². The average molecular weight is 404 g/mol. The van der Waals surface area contributed by atoms with Crippen LogP contribution in [0.5, 0.6) is 0 Å². The maximum atomic E-state index is 9.54. The van der Waals surface area contributed by atoms with Gasteiger partial charge in [0.1, 0.15) is 0 Å². The predicted molar refractivity (Wildman–Crippen MR) is 124 cm³/mol. The number of aliphatic hydroxyl groups excluding tert-OH is 1. The molecule has 1 aromatic heterocycles. The average Bonchev–Trinajstić information content (AvgIpc) is 2.72. The van der Waals surface area contributed by atoms with E-state index >= 15 is 0 Å². The lowest BCUT2D eigenvalue weighted by molar-refractivity contribution is -0.0184. The van der Waals surface area contributed by atoms with Crippen LogP contribution < -0.4 is 0 Å². The minimum Gasteiger partial charge on any atom is -0.393 e. The number of ether oxygens (including phenoxy) is 1. The third kappa shape index (κ3) is 6.25. The van der Waals surface area contributed by atoms with E-state index in [0.717, 1.165) is 18.5 Å². The van der Waals surface area contributed by atoms with E-state index in [1.807, 2.05) is 13.1 Å². The molecule has 3 nitrogen and oxygen atoms in total. The van der Waals surface area contributed by atoms with E-state index in [1.165, 1.54) is 27.8 Å². The van der Waals surface area contributed by atoms with Crippen molar-refractivity contribution in [2.75, 3.05) is 0 Å². The number of nitrogens with zero attached hydrogens (tertiary/aromatic N) is 1. The van der Waals surface area contributed by atoms with Crippen LogP contribution >= 0.6 is 0 Å². The number of hydrogen-bond acceptors (Lipinski definition) is 3. The van der Waals surface area contributed by atoms with Gasteiger partial charge in [0.2, 0.25) is 0 Å². The standard InChI is InChI=1S/C27H33NO2/c1-19-9-12-23(13-10-19)25-15-16-28-27(18-25)26-8-6-5-7-24(26)14-11-21(3)30-22(4)17-20(2)29/h5-10,12-13,15-16,18,20-22,29H,11,14,17H2,1-4H3/t20?,21-,22?/m0/s1. The Balaban J connectivity index is 1.74. The minimum atomic E-state index is -0.334. The monoisotopic (exact) mass is 403 g/mol. The van der Waals surface area contributed by atoms with Gasteiger partial charge in [0.15, 0.2) is 0 Å². The molecule has 158 valence electrons. The number of aliphatic hydroxyl groups is 1. The SMILES string of the molecule is Cc1ccc(-c2ccnc(-c3ccccc3CC[C@H](C)OC(C)CC(C)O)c2)cc1. The molecule has 0 spiro atoms. The van der Waals surface area contributed by atoms with Gasteiger partial charge in [-0.2, -0.15) is 0 Å². The molecular weight excluding hydrogens is 370 g/mol. The number of hydrogen-bond donors (Lipinski definition) is 1. The summed E-state index contributed by atoms with van der Waals surface area (Å²) in [6.07, 6.45) is 4.27. The summed E-state index contributed by atoms with van der Waals surface area (Å²) in [6.45, 7) is 8.04. The molecule has 0 bridgehead atoms. The number of benzene rings is 2. The summed E-state index contributed by atoms with van der Waals surface area (Å²) < 4.78 is 6.04. The molecule has 0 saturated carbocycles. The van der Waals surface area contributed by atoms with Crippen LogP contribution in [0.2, 0.25) is 0 Å². The first-order valence-electron chi connectivity index (χ1n) is 10.9. The summed E-state index contributed by atoms with van der Waals surface area (Å²) in [7, 11) is 0. The zero-order valence-electron chi connectivity index (χ0n) is 18.5. The van der Waals surface area contributed by atoms with Crippen molar-refractivity contribution in [1.29, 1.82) is 0 Å². The molecule has 2 unspecified atom stereocenters. The van der Waals surface area contributed by atoms with Crippen molar-refractivity contribution in [1.82, 2.24) is 4.98 Å². The summed E-state index contributed by atoms with van der Waals surface area (Å²) in [5.41, 5.74) is 7.10. The molecule has 0 aliphatic rings. The first-order chi connectivity index (χ1) is 14.4. The van der Waals surface area contributed by atoms with E-state index in [0.29, 0.717) is 6.42 Å². The van der Waals surface area contributed by atoms with Gasteiger partial charge in [-0.1, -0.05) is 54.1 Å². The Hall–Kier alpha value is -2.49. The van der Waals surface area contributed by atoms with Crippen LogP contribution in [0.4, 0.5) is 0 Å². The van der Waals surface area contributed by atoms with Gasteiger partial charge in [0, 0.05) is 11.8 Å². The van der Waals surface area contributed by atoms with Gasteiger partial charge >= 0.3 is 0 Å². The lowest BCUT2D eigenvalue weighted by atomic mass is 9.97. The van der Waals surface area contributed by atoms with Gasteiger partial charge in [-0.15, -0.1) is 0 Å². The highest BCUT2D eigenvalue weighted by molar-refractivity contribution is 5.72. The maximum Gasteiger partial charge on any atom is 0.0710 e. The van der Waals surface area contributed by atoms with Gasteiger partial charge in [-0.25, -0.2) is 0 Å². The van der Waals surface area contributed by atoms with Crippen LogP contribution in [0.3, 0.4) is 0 Å². The van der Waals surface area contributed by atoms with E-state index in [4.69, 9.17) is 4.74 Å². The molecule has 0 aliphatic carbocycles. The summed E-state index contributed by atoms with van der Waals surface area (Å²) in [4.78, 5) is 4.66. The molecule has 1 N–H and O–H groups in total. The maximum absolute atomic E-state index is 9.54. The van der Waals surface area contributed by atoms with Crippen molar-refractivity contribution in [3.63, 3.8) is 0 Å². The van der Waals surface area contributed by atoms with Gasteiger partial charge in [-0.05, 0) is 75.8 Å². The van der Waals surface area contributed by atoms with Crippen molar-refractivity contribution in [3.8, 4) is 22.4 Å². The topological polar surface area (TPSA) is 42.4 Å². The molecule has 30 heavy (non-hydrogen) atoms. The highest BCUT2D eigenvalue weighted by Gasteiger charge is 2.13. The van der Waals surface area contributed by atoms with Gasteiger partial charge in [-0.3, -0.25) is 4.98 Å². The fourth-order valence-corrected chi connectivity index (χ4v) is 3.85. The second-order valence-corrected chi connectivity index (χ2v) is 8.33. The number of rotatable bonds is 9. The fourth-order valence-electron chi connectivity index (χ4n) is 3.85. The normalized spacial score (nSPS) is 14.3. The van der Waals surface area contributed by atoms with Gasteiger partial charge in [0.05, 0.1) is 24.0 Å². The zero-order valence-corrected chi connectivity index (χ0v) is 18.5. The lowest BCUT2D eigenvalue weighted by Gasteiger charge is -2.20. The number of pyridine rings is 1. The third-order valence-electron chi connectivity index (χ3n) is 5.40. The molecule has 0 amide bonds. The Kier molecular flexibility index (Phi) is 7.78. The molecule has 0 saturated heterocycles. The van der Waals surface area contributed by atoms with Crippen LogP contribution in [-0.2, 0) is 11.2 Å². The number of aryl methyl sites for hydroxylation is 2. The van der Waals surface area contributed by atoms with Crippen LogP contribution in [-0.4, -0.2) is 28.4 Å². The highest BCUT2D eigenvalue weighted by Crippen LogP contribution is 2.28. The molecule has 3 atom stereocenters. The second kappa shape index (κ2) is 10.5. The van der Waals surface area contributed by atoms with Gasteiger partial charge < -0.3 is 9.84 Å². The molecule has 0 radical (unpaired) electrons. The molecule has 3 heteroatoms. The largest absolute Gasteiger partial charge is 0.393 e. The molecule has 3 rings (SSSR count). The van der Waals surface area contributed by atoms with E-state index in [-0.39, 0.29) is 18.3 Å². The fraction of sp³-hybridized carbons (Fsp3) is 0.370. The lowest BCUT2D eigenvalue weighted by Crippen LogP contribution is -2.21. The van der Waals surface area contributed by atoms with E-state index in [2.05, 4.69) is 79.5 Å². The summed E-state index contributed by atoms with van der Waals surface area (Å²) in [5.74, 6) is 0. The molecule has 2 aromatic carbocycles. The van der Waals surface area contributed by atoms with Crippen molar-refractivity contribution in [2.24, 2.45) is 0 Å². The smallest absolute Gasteiger partial charge is 0.0710 e.